The molecule has 1 nitrogen and oxygen atoms in total. The molecule has 0 unspecified atom stereocenters. The Morgan fingerprint density at radius 1 is 1.36 bits per heavy atom. The molecule has 0 fully saturated rings. The maximum absolute atomic E-state index is 5.86. The highest BCUT2D eigenvalue weighted by Crippen LogP contribution is 2.29. The fraction of sp³-hybridized carbons (Fsp3) is 0.250. The normalized spacial score (nSPS) is 16.9. The van der Waals surface area contributed by atoms with Crippen molar-refractivity contribution >= 4 is 27.7 Å². The van der Waals surface area contributed by atoms with Gasteiger partial charge in [-0.3, -0.25) is 0 Å². The van der Waals surface area contributed by atoms with Crippen molar-refractivity contribution in [1.29, 1.82) is 0 Å². The number of halogens is 2. The topological polar surface area (TPSA) is 3.24 Å². The lowest BCUT2D eigenvalue weighted by atomic mass is 10.1. The molecule has 58 valence electrons. The predicted molar refractivity (Wildman–Crippen MR) is 49.2 cm³/mol. The minimum atomic E-state index is 0.846. The van der Waals surface area contributed by atoms with Crippen molar-refractivity contribution in [3.8, 4) is 0 Å². The highest BCUT2D eigenvalue weighted by atomic mass is 79.9. The molecule has 0 aromatic heterocycles. The van der Waals surface area contributed by atoms with Crippen LogP contribution in [0.3, 0.4) is 0 Å². The molecule has 1 aromatic rings. The Labute approximate surface area is 79.2 Å². The van der Waals surface area contributed by atoms with Crippen LogP contribution in [0, 0.1) is 0 Å². The van der Waals surface area contributed by atoms with E-state index in [1.54, 1.807) is 4.42 Å². The summed E-state index contributed by atoms with van der Waals surface area (Å²) in [5.74, 6) is 0. The molecule has 1 aromatic carbocycles. The minimum absolute atomic E-state index is 0.846. The molecule has 0 aliphatic carbocycles. The predicted octanol–water partition coefficient (Wildman–Crippen LogP) is 2.92. The van der Waals surface area contributed by atoms with Gasteiger partial charge in [0.2, 0.25) is 0 Å². The molecular formula is C8H7BrClN. The van der Waals surface area contributed by atoms with Crippen LogP contribution in [0.4, 0.5) is 0 Å². The van der Waals surface area contributed by atoms with Crippen LogP contribution in [0.5, 0.6) is 0 Å². The summed E-state index contributed by atoms with van der Waals surface area (Å²) in [5, 5.41) is 0. The van der Waals surface area contributed by atoms with Gasteiger partial charge in [0.05, 0.1) is 0 Å². The van der Waals surface area contributed by atoms with Gasteiger partial charge in [-0.15, -0.1) is 0 Å². The van der Waals surface area contributed by atoms with Gasteiger partial charge in [-0.1, -0.05) is 28.1 Å². The molecule has 0 radical (unpaired) electrons. The molecular weight excluding hydrogens is 225 g/mol. The molecule has 0 atom stereocenters. The van der Waals surface area contributed by atoms with Crippen LogP contribution in [-0.4, -0.2) is 4.42 Å². The van der Waals surface area contributed by atoms with E-state index < -0.39 is 0 Å². The molecule has 0 N–H and O–H groups in total. The summed E-state index contributed by atoms with van der Waals surface area (Å²) in [6.07, 6.45) is 0. The lowest BCUT2D eigenvalue weighted by Crippen LogP contribution is -1.99. The molecule has 0 saturated heterocycles. The van der Waals surface area contributed by atoms with E-state index in [0.717, 1.165) is 17.6 Å². The largest absolute Gasteiger partial charge is 0.211 e. The zero-order chi connectivity index (χ0) is 7.84. The van der Waals surface area contributed by atoms with Crippen LogP contribution >= 0.6 is 27.7 Å². The minimum Gasteiger partial charge on any atom is -0.211 e. The number of hydrogen-bond donors (Lipinski definition) is 0. The van der Waals surface area contributed by atoms with Gasteiger partial charge in [0.25, 0.3) is 0 Å². The molecule has 0 saturated carbocycles. The fourth-order valence-corrected chi connectivity index (χ4v) is 2.12. The summed E-state index contributed by atoms with van der Waals surface area (Å²) in [7, 11) is 0. The SMILES string of the molecule is ClN1Cc2cccc(Br)c2C1. The van der Waals surface area contributed by atoms with Crippen LogP contribution in [0.2, 0.25) is 0 Å². The number of rotatable bonds is 0. The van der Waals surface area contributed by atoms with Gasteiger partial charge in [-0.2, -0.15) is 0 Å². The van der Waals surface area contributed by atoms with Gasteiger partial charge in [0.15, 0.2) is 0 Å². The third-order valence-corrected chi connectivity index (χ3v) is 2.87. The van der Waals surface area contributed by atoms with Crippen molar-refractivity contribution in [3.05, 3.63) is 33.8 Å². The zero-order valence-electron chi connectivity index (χ0n) is 5.85. The molecule has 11 heavy (non-hydrogen) atoms. The molecule has 1 aliphatic rings. The Kier molecular flexibility index (Phi) is 1.91. The Bertz CT molecular complexity index is 287. The van der Waals surface area contributed by atoms with Crippen molar-refractivity contribution in [2.75, 3.05) is 0 Å². The fourth-order valence-electron chi connectivity index (χ4n) is 1.34. The molecule has 0 amide bonds. The van der Waals surface area contributed by atoms with E-state index in [9.17, 15) is 0 Å². The zero-order valence-corrected chi connectivity index (χ0v) is 8.19. The third-order valence-electron chi connectivity index (χ3n) is 1.89. The first kappa shape index (κ1) is 7.59. The number of fused-ring (bicyclic) bond motifs is 1. The van der Waals surface area contributed by atoms with Crippen LogP contribution in [0.25, 0.3) is 0 Å². The van der Waals surface area contributed by atoms with E-state index in [-0.39, 0.29) is 0 Å². The smallest absolute Gasteiger partial charge is 0.0408 e. The van der Waals surface area contributed by atoms with E-state index in [0.29, 0.717) is 0 Å². The van der Waals surface area contributed by atoms with Crippen LogP contribution < -0.4 is 0 Å². The van der Waals surface area contributed by atoms with E-state index >= 15 is 0 Å². The van der Waals surface area contributed by atoms with E-state index in [1.165, 1.54) is 11.1 Å². The van der Waals surface area contributed by atoms with Crippen molar-refractivity contribution in [1.82, 2.24) is 4.42 Å². The quantitative estimate of drug-likeness (QED) is 0.622. The van der Waals surface area contributed by atoms with Gasteiger partial charge < -0.3 is 0 Å². The van der Waals surface area contributed by atoms with E-state index in [1.807, 2.05) is 6.07 Å². The number of benzene rings is 1. The second-order valence-corrected chi connectivity index (χ2v) is 3.99. The lowest BCUT2D eigenvalue weighted by Gasteiger charge is -1.99. The second-order valence-electron chi connectivity index (χ2n) is 2.66. The maximum atomic E-state index is 5.86. The summed E-state index contributed by atoms with van der Waals surface area (Å²) in [6, 6.07) is 6.20. The molecule has 1 aliphatic heterocycles. The summed E-state index contributed by atoms with van der Waals surface area (Å²) in [5.41, 5.74) is 2.65. The molecule has 2 rings (SSSR count). The molecule has 0 spiro atoms. The standard InChI is InChI=1S/C8H7BrClN/c9-8-3-1-2-6-4-11(10)5-7(6)8/h1-3H,4-5H2. The van der Waals surface area contributed by atoms with E-state index in [2.05, 4.69) is 28.1 Å². The van der Waals surface area contributed by atoms with Gasteiger partial charge in [0, 0.05) is 17.6 Å². The summed E-state index contributed by atoms with van der Waals surface area (Å²) in [6.45, 7) is 1.70. The third kappa shape index (κ3) is 1.31. The Morgan fingerprint density at radius 3 is 2.91 bits per heavy atom. The van der Waals surface area contributed by atoms with Crippen molar-refractivity contribution in [2.45, 2.75) is 13.1 Å². The molecule has 1 heterocycles. The van der Waals surface area contributed by atoms with Crippen LogP contribution in [0.15, 0.2) is 22.7 Å². The lowest BCUT2D eigenvalue weighted by molar-refractivity contribution is 0.490. The monoisotopic (exact) mass is 231 g/mol. The Balaban J connectivity index is 2.49. The van der Waals surface area contributed by atoms with Gasteiger partial charge in [0.1, 0.15) is 0 Å². The van der Waals surface area contributed by atoms with Crippen molar-refractivity contribution in [2.24, 2.45) is 0 Å². The Hall–Kier alpha value is -0.0500. The van der Waals surface area contributed by atoms with Crippen LogP contribution in [0.1, 0.15) is 11.1 Å². The first-order chi connectivity index (χ1) is 5.27. The van der Waals surface area contributed by atoms with E-state index in [4.69, 9.17) is 11.8 Å². The molecule has 0 bridgehead atoms. The average Bonchev–Trinajstić information content (AvgIpc) is 2.31. The maximum Gasteiger partial charge on any atom is 0.0408 e. The summed E-state index contributed by atoms with van der Waals surface area (Å²) in [4.78, 5) is 0. The summed E-state index contributed by atoms with van der Waals surface area (Å²) < 4.78 is 2.95. The summed E-state index contributed by atoms with van der Waals surface area (Å²) >= 11 is 9.35. The first-order valence-corrected chi connectivity index (χ1v) is 4.57. The average molecular weight is 233 g/mol. The number of nitrogens with zero attached hydrogens (tertiary/aromatic N) is 1. The number of hydrogen-bond acceptors (Lipinski definition) is 1. The second kappa shape index (κ2) is 2.77. The van der Waals surface area contributed by atoms with Gasteiger partial charge in [-0.05, 0) is 29.0 Å². The Morgan fingerprint density at radius 2 is 2.18 bits per heavy atom. The highest BCUT2D eigenvalue weighted by Gasteiger charge is 2.18. The van der Waals surface area contributed by atoms with Gasteiger partial charge in [-0.25, -0.2) is 4.42 Å². The van der Waals surface area contributed by atoms with Crippen molar-refractivity contribution < 1.29 is 0 Å². The van der Waals surface area contributed by atoms with Gasteiger partial charge >= 0.3 is 0 Å². The highest BCUT2D eigenvalue weighted by molar-refractivity contribution is 9.10. The molecule has 3 heteroatoms. The first-order valence-electron chi connectivity index (χ1n) is 3.44. The van der Waals surface area contributed by atoms with Crippen LogP contribution in [-0.2, 0) is 13.1 Å². The van der Waals surface area contributed by atoms with Crippen molar-refractivity contribution in [3.63, 3.8) is 0 Å².